The molecule has 1 atom stereocenters. The predicted molar refractivity (Wildman–Crippen MR) is 109 cm³/mol. The van der Waals surface area contributed by atoms with Gasteiger partial charge >= 0.3 is 0 Å². The monoisotopic (exact) mass is 376 g/mol. The molecule has 2 aromatic carbocycles. The number of aromatic nitrogens is 1. The molecule has 4 rings (SSSR count). The molecular weight excluding hydrogens is 352 g/mol. The normalized spacial score (nSPS) is 13.6. The van der Waals surface area contributed by atoms with Crippen LogP contribution in [0.1, 0.15) is 35.2 Å². The number of benzene rings is 2. The maximum Gasteiger partial charge on any atom is 0.163 e. The number of ether oxygens (including phenoxy) is 3. The Bertz CT molecular complexity index is 944. The van der Waals surface area contributed by atoms with E-state index in [1.807, 2.05) is 30.3 Å². The second-order valence-corrected chi connectivity index (χ2v) is 6.90. The molecule has 144 valence electrons. The van der Waals surface area contributed by atoms with Crippen molar-refractivity contribution in [3.8, 4) is 11.5 Å². The molecule has 1 aliphatic heterocycles. The lowest BCUT2D eigenvalue weighted by molar-refractivity contribution is 0.134. The standard InChI is InChI=1S/C23H24N2O3/c1-16(18-5-6-19-14-27-15-20(19)10-18)25-21-7-8-22(26-2)23(11-21)28-13-17-4-3-9-24-12-17/h3-12,16,25H,13-15H2,1-2H3. The van der Waals surface area contributed by atoms with Crippen molar-refractivity contribution in [2.24, 2.45) is 0 Å². The van der Waals surface area contributed by atoms with Crippen molar-refractivity contribution in [2.75, 3.05) is 12.4 Å². The number of nitrogens with one attached hydrogen (secondary N) is 1. The lowest BCUT2D eigenvalue weighted by Crippen LogP contribution is -2.07. The summed E-state index contributed by atoms with van der Waals surface area (Å²) in [4.78, 5) is 4.12. The molecule has 3 aromatic rings. The quantitative estimate of drug-likeness (QED) is 0.637. The Morgan fingerprint density at radius 3 is 2.79 bits per heavy atom. The lowest BCUT2D eigenvalue weighted by Gasteiger charge is -2.18. The molecule has 5 heteroatoms. The van der Waals surface area contributed by atoms with Crippen molar-refractivity contribution in [2.45, 2.75) is 32.8 Å². The highest BCUT2D eigenvalue weighted by atomic mass is 16.5. The first-order valence-corrected chi connectivity index (χ1v) is 9.38. The first kappa shape index (κ1) is 18.3. The van der Waals surface area contributed by atoms with E-state index in [0.717, 1.165) is 11.3 Å². The molecule has 1 unspecified atom stereocenters. The number of anilines is 1. The zero-order valence-electron chi connectivity index (χ0n) is 16.1. The van der Waals surface area contributed by atoms with Gasteiger partial charge in [-0.1, -0.05) is 24.3 Å². The van der Waals surface area contributed by atoms with Crippen LogP contribution in [0.3, 0.4) is 0 Å². The van der Waals surface area contributed by atoms with Gasteiger partial charge in [-0.3, -0.25) is 4.98 Å². The number of pyridine rings is 1. The minimum atomic E-state index is 0.158. The molecule has 0 saturated carbocycles. The summed E-state index contributed by atoms with van der Waals surface area (Å²) in [5, 5.41) is 3.55. The van der Waals surface area contributed by atoms with Crippen molar-refractivity contribution in [3.63, 3.8) is 0 Å². The fourth-order valence-corrected chi connectivity index (χ4v) is 3.32. The second-order valence-electron chi connectivity index (χ2n) is 6.90. The summed E-state index contributed by atoms with van der Waals surface area (Å²) in [6.45, 7) is 4.00. The molecule has 1 aliphatic rings. The van der Waals surface area contributed by atoms with Crippen LogP contribution in [0.5, 0.6) is 11.5 Å². The molecular formula is C23H24N2O3. The summed E-state index contributed by atoms with van der Waals surface area (Å²) in [5.41, 5.74) is 5.79. The molecule has 0 fully saturated rings. The molecule has 0 bridgehead atoms. The Hall–Kier alpha value is -3.05. The van der Waals surface area contributed by atoms with Crippen LogP contribution in [0.2, 0.25) is 0 Å². The first-order valence-electron chi connectivity index (χ1n) is 9.38. The van der Waals surface area contributed by atoms with E-state index in [0.29, 0.717) is 31.3 Å². The van der Waals surface area contributed by atoms with E-state index in [1.54, 1.807) is 19.5 Å². The van der Waals surface area contributed by atoms with Gasteiger partial charge in [0.05, 0.1) is 20.3 Å². The number of rotatable bonds is 7. The number of nitrogens with zero attached hydrogens (tertiary/aromatic N) is 1. The molecule has 5 nitrogen and oxygen atoms in total. The average molecular weight is 376 g/mol. The summed E-state index contributed by atoms with van der Waals surface area (Å²) in [7, 11) is 1.65. The number of fused-ring (bicyclic) bond motifs is 1. The van der Waals surface area contributed by atoms with Gasteiger partial charge in [0.1, 0.15) is 6.61 Å². The molecule has 0 radical (unpaired) electrons. The SMILES string of the molecule is COc1ccc(NC(C)c2ccc3c(c2)COC3)cc1OCc1cccnc1. The number of methoxy groups -OCH3 is 1. The molecule has 0 aliphatic carbocycles. The third-order valence-electron chi connectivity index (χ3n) is 4.91. The topological polar surface area (TPSA) is 52.6 Å². The highest BCUT2D eigenvalue weighted by molar-refractivity contribution is 5.56. The Labute approximate surface area is 165 Å². The Balaban J connectivity index is 1.48. The van der Waals surface area contributed by atoms with E-state index in [1.165, 1.54) is 16.7 Å². The van der Waals surface area contributed by atoms with Crippen molar-refractivity contribution in [1.82, 2.24) is 4.98 Å². The molecule has 0 amide bonds. The minimum Gasteiger partial charge on any atom is -0.493 e. The molecule has 0 spiro atoms. The third kappa shape index (κ3) is 4.10. The molecule has 1 aromatic heterocycles. The van der Waals surface area contributed by atoms with Gasteiger partial charge in [-0.15, -0.1) is 0 Å². The fraction of sp³-hybridized carbons (Fsp3) is 0.261. The summed E-state index contributed by atoms with van der Waals surface area (Å²) < 4.78 is 16.9. The van der Waals surface area contributed by atoms with E-state index >= 15 is 0 Å². The van der Waals surface area contributed by atoms with Crippen molar-refractivity contribution >= 4 is 5.69 Å². The van der Waals surface area contributed by atoms with Gasteiger partial charge < -0.3 is 19.5 Å². The van der Waals surface area contributed by atoms with Crippen LogP contribution in [0, 0.1) is 0 Å². The summed E-state index contributed by atoms with van der Waals surface area (Å²) in [6.07, 6.45) is 3.55. The van der Waals surface area contributed by atoms with Gasteiger partial charge in [-0.2, -0.15) is 0 Å². The van der Waals surface area contributed by atoms with E-state index in [9.17, 15) is 0 Å². The highest BCUT2D eigenvalue weighted by Gasteiger charge is 2.14. The molecule has 2 heterocycles. The van der Waals surface area contributed by atoms with Gasteiger partial charge in [0, 0.05) is 35.8 Å². The summed E-state index contributed by atoms with van der Waals surface area (Å²) >= 11 is 0. The number of hydrogen-bond acceptors (Lipinski definition) is 5. The maximum absolute atomic E-state index is 5.98. The first-order chi connectivity index (χ1) is 13.7. The van der Waals surface area contributed by atoms with Crippen LogP contribution in [-0.4, -0.2) is 12.1 Å². The van der Waals surface area contributed by atoms with Gasteiger partial charge in [0.25, 0.3) is 0 Å². The Morgan fingerprint density at radius 2 is 1.96 bits per heavy atom. The summed E-state index contributed by atoms with van der Waals surface area (Å²) in [6, 6.07) is 16.5. The van der Waals surface area contributed by atoms with Crippen LogP contribution in [0.25, 0.3) is 0 Å². The zero-order valence-corrected chi connectivity index (χ0v) is 16.1. The summed E-state index contributed by atoms with van der Waals surface area (Å²) in [5.74, 6) is 1.41. The molecule has 0 saturated heterocycles. The Kier molecular flexibility index (Phi) is 5.44. The van der Waals surface area contributed by atoms with E-state index in [4.69, 9.17) is 14.2 Å². The minimum absolute atomic E-state index is 0.158. The molecule has 1 N–H and O–H groups in total. The van der Waals surface area contributed by atoms with Crippen LogP contribution < -0.4 is 14.8 Å². The fourth-order valence-electron chi connectivity index (χ4n) is 3.32. The van der Waals surface area contributed by atoms with Gasteiger partial charge in [0.15, 0.2) is 11.5 Å². The van der Waals surface area contributed by atoms with E-state index in [2.05, 4.69) is 35.4 Å². The predicted octanol–water partition coefficient (Wildman–Crippen LogP) is 4.87. The highest BCUT2D eigenvalue weighted by Crippen LogP contribution is 2.33. The van der Waals surface area contributed by atoms with Crippen LogP contribution in [0.15, 0.2) is 60.9 Å². The van der Waals surface area contributed by atoms with Gasteiger partial charge in [0.2, 0.25) is 0 Å². The largest absolute Gasteiger partial charge is 0.493 e. The molecule has 28 heavy (non-hydrogen) atoms. The van der Waals surface area contributed by atoms with E-state index < -0.39 is 0 Å². The van der Waals surface area contributed by atoms with Crippen LogP contribution in [0.4, 0.5) is 5.69 Å². The van der Waals surface area contributed by atoms with Gasteiger partial charge in [-0.05, 0) is 41.8 Å². The maximum atomic E-state index is 5.98. The second kappa shape index (κ2) is 8.31. The van der Waals surface area contributed by atoms with Crippen molar-refractivity contribution in [1.29, 1.82) is 0 Å². The smallest absolute Gasteiger partial charge is 0.163 e. The number of hydrogen-bond donors (Lipinski definition) is 1. The Morgan fingerprint density at radius 1 is 1.07 bits per heavy atom. The van der Waals surface area contributed by atoms with Crippen molar-refractivity contribution in [3.05, 3.63) is 83.2 Å². The average Bonchev–Trinajstić information content (AvgIpc) is 3.21. The van der Waals surface area contributed by atoms with Crippen LogP contribution in [-0.2, 0) is 24.6 Å². The van der Waals surface area contributed by atoms with E-state index in [-0.39, 0.29) is 6.04 Å². The third-order valence-corrected chi connectivity index (χ3v) is 4.91. The zero-order chi connectivity index (χ0) is 19.3. The lowest BCUT2D eigenvalue weighted by atomic mass is 10.0. The van der Waals surface area contributed by atoms with Crippen molar-refractivity contribution < 1.29 is 14.2 Å². The van der Waals surface area contributed by atoms with Gasteiger partial charge in [-0.25, -0.2) is 0 Å². The van der Waals surface area contributed by atoms with Crippen LogP contribution >= 0.6 is 0 Å².